The number of anilines is 2. The molecule has 3 N–H and O–H groups in total. The first-order chi connectivity index (χ1) is 8.25. The second-order valence-electron chi connectivity index (χ2n) is 4.07. The Morgan fingerprint density at radius 3 is 2.94 bits per heavy atom. The van der Waals surface area contributed by atoms with Crippen molar-refractivity contribution in [1.29, 1.82) is 0 Å². The predicted octanol–water partition coefficient (Wildman–Crippen LogP) is 0.483. The Bertz CT molecular complexity index is 389. The van der Waals surface area contributed by atoms with Crippen LogP contribution in [0.5, 0.6) is 0 Å². The average molecular weight is 235 g/mol. The van der Waals surface area contributed by atoms with Crippen LogP contribution in [0.4, 0.5) is 11.8 Å². The minimum atomic E-state index is 0.193. The molecule has 0 atom stereocenters. The van der Waals surface area contributed by atoms with Crippen molar-refractivity contribution in [3.8, 4) is 0 Å². The molecule has 1 aromatic rings. The molecule has 2 heterocycles. The van der Waals surface area contributed by atoms with Crippen LogP contribution < -0.4 is 11.1 Å². The second kappa shape index (κ2) is 5.47. The molecule has 1 saturated heterocycles. The van der Waals surface area contributed by atoms with E-state index < -0.39 is 0 Å². The van der Waals surface area contributed by atoms with Crippen molar-refractivity contribution >= 4 is 17.7 Å². The van der Waals surface area contributed by atoms with Gasteiger partial charge in [-0.1, -0.05) is 0 Å². The van der Waals surface area contributed by atoms with Crippen molar-refractivity contribution in [3.63, 3.8) is 0 Å². The fourth-order valence-electron chi connectivity index (χ4n) is 1.86. The van der Waals surface area contributed by atoms with E-state index in [0.717, 1.165) is 25.9 Å². The van der Waals surface area contributed by atoms with Crippen molar-refractivity contribution in [2.45, 2.75) is 19.3 Å². The molecule has 0 aliphatic carbocycles. The van der Waals surface area contributed by atoms with Gasteiger partial charge in [-0.2, -0.15) is 4.98 Å². The highest BCUT2D eigenvalue weighted by molar-refractivity contribution is 5.76. The molecule has 0 unspecified atom stereocenters. The molecule has 6 nitrogen and oxygen atoms in total. The fourth-order valence-corrected chi connectivity index (χ4v) is 1.86. The predicted molar refractivity (Wildman–Crippen MR) is 65.4 cm³/mol. The van der Waals surface area contributed by atoms with Gasteiger partial charge in [0.1, 0.15) is 5.82 Å². The van der Waals surface area contributed by atoms with Crippen LogP contribution in [0, 0.1) is 0 Å². The van der Waals surface area contributed by atoms with Crippen LogP contribution >= 0.6 is 0 Å². The molecule has 0 aromatic carbocycles. The number of hydrogen-bond donors (Lipinski definition) is 2. The molecular weight excluding hydrogens is 218 g/mol. The van der Waals surface area contributed by atoms with E-state index in [4.69, 9.17) is 5.73 Å². The van der Waals surface area contributed by atoms with E-state index >= 15 is 0 Å². The standard InChI is InChI=1S/C11H17N5O/c12-9-3-5-13-11(15-9)14-6-4-10(17)16-7-1-2-8-16/h3,5H,1-2,4,6-8H2,(H3,12,13,14,15). The Morgan fingerprint density at radius 2 is 2.24 bits per heavy atom. The van der Waals surface area contributed by atoms with E-state index in [0.29, 0.717) is 24.7 Å². The molecule has 17 heavy (non-hydrogen) atoms. The number of hydrogen-bond acceptors (Lipinski definition) is 5. The summed E-state index contributed by atoms with van der Waals surface area (Å²) >= 11 is 0. The quantitative estimate of drug-likeness (QED) is 0.793. The minimum absolute atomic E-state index is 0.193. The largest absolute Gasteiger partial charge is 0.384 e. The normalized spacial score (nSPS) is 14.9. The highest BCUT2D eigenvalue weighted by atomic mass is 16.2. The van der Waals surface area contributed by atoms with Crippen LogP contribution in [0.3, 0.4) is 0 Å². The Labute approximate surface area is 100 Å². The molecule has 0 saturated carbocycles. The maximum absolute atomic E-state index is 11.7. The van der Waals surface area contributed by atoms with Crippen molar-refractivity contribution in [3.05, 3.63) is 12.3 Å². The summed E-state index contributed by atoms with van der Waals surface area (Å²) in [5, 5.41) is 2.99. The zero-order chi connectivity index (χ0) is 12.1. The second-order valence-corrected chi connectivity index (χ2v) is 4.07. The summed E-state index contributed by atoms with van der Waals surface area (Å²) in [5.41, 5.74) is 5.52. The van der Waals surface area contributed by atoms with Gasteiger partial charge < -0.3 is 16.0 Å². The number of amides is 1. The van der Waals surface area contributed by atoms with Crippen molar-refractivity contribution in [2.24, 2.45) is 0 Å². The monoisotopic (exact) mass is 235 g/mol. The molecule has 6 heteroatoms. The zero-order valence-electron chi connectivity index (χ0n) is 9.72. The summed E-state index contributed by atoms with van der Waals surface area (Å²) in [6.07, 6.45) is 4.31. The lowest BCUT2D eigenvalue weighted by atomic mass is 10.3. The van der Waals surface area contributed by atoms with Crippen LogP contribution in [-0.4, -0.2) is 40.4 Å². The summed E-state index contributed by atoms with van der Waals surface area (Å²) in [5.74, 6) is 1.09. The number of nitrogen functional groups attached to an aromatic ring is 1. The summed E-state index contributed by atoms with van der Waals surface area (Å²) in [4.78, 5) is 21.6. The molecule has 2 rings (SSSR count). The minimum Gasteiger partial charge on any atom is -0.384 e. The van der Waals surface area contributed by atoms with Crippen molar-refractivity contribution in [2.75, 3.05) is 30.7 Å². The lowest BCUT2D eigenvalue weighted by Gasteiger charge is -2.15. The highest BCUT2D eigenvalue weighted by Crippen LogP contribution is 2.09. The third-order valence-electron chi connectivity index (χ3n) is 2.76. The van der Waals surface area contributed by atoms with E-state index in [1.54, 1.807) is 12.3 Å². The van der Waals surface area contributed by atoms with Gasteiger partial charge in [-0.25, -0.2) is 4.98 Å². The molecule has 1 aliphatic rings. The third kappa shape index (κ3) is 3.30. The first-order valence-electron chi connectivity index (χ1n) is 5.86. The van der Waals surface area contributed by atoms with Gasteiger partial charge in [-0.15, -0.1) is 0 Å². The highest BCUT2D eigenvalue weighted by Gasteiger charge is 2.16. The summed E-state index contributed by atoms with van der Waals surface area (Å²) in [7, 11) is 0. The number of nitrogens with zero attached hydrogens (tertiary/aromatic N) is 3. The van der Waals surface area contributed by atoms with Gasteiger partial charge in [0.05, 0.1) is 0 Å². The van der Waals surface area contributed by atoms with E-state index in [1.807, 2.05) is 4.90 Å². The van der Waals surface area contributed by atoms with Crippen LogP contribution in [-0.2, 0) is 4.79 Å². The van der Waals surface area contributed by atoms with Crippen molar-refractivity contribution in [1.82, 2.24) is 14.9 Å². The molecule has 1 aliphatic heterocycles. The van der Waals surface area contributed by atoms with Gasteiger partial charge in [0.2, 0.25) is 11.9 Å². The topological polar surface area (TPSA) is 84.1 Å². The molecular formula is C11H17N5O. The molecule has 0 radical (unpaired) electrons. The van der Waals surface area contributed by atoms with Gasteiger partial charge in [-0.05, 0) is 18.9 Å². The lowest BCUT2D eigenvalue weighted by molar-refractivity contribution is -0.129. The summed E-state index contributed by atoms with van der Waals surface area (Å²) in [6.45, 7) is 2.33. The summed E-state index contributed by atoms with van der Waals surface area (Å²) < 4.78 is 0. The zero-order valence-corrected chi connectivity index (χ0v) is 9.72. The van der Waals surface area contributed by atoms with Crippen LogP contribution in [0.25, 0.3) is 0 Å². The smallest absolute Gasteiger partial charge is 0.224 e. The first-order valence-corrected chi connectivity index (χ1v) is 5.86. The van der Waals surface area contributed by atoms with Crippen LogP contribution in [0.1, 0.15) is 19.3 Å². The van der Waals surface area contributed by atoms with E-state index in [-0.39, 0.29) is 5.91 Å². The number of likely N-dealkylation sites (tertiary alicyclic amines) is 1. The Hall–Kier alpha value is -1.85. The Balaban J connectivity index is 1.73. The maximum Gasteiger partial charge on any atom is 0.224 e. The van der Waals surface area contributed by atoms with Gasteiger partial charge in [-0.3, -0.25) is 4.79 Å². The molecule has 0 bridgehead atoms. The maximum atomic E-state index is 11.7. The lowest BCUT2D eigenvalue weighted by Crippen LogP contribution is -2.29. The molecule has 1 aromatic heterocycles. The molecule has 1 fully saturated rings. The first kappa shape index (κ1) is 11.6. The van der Waals surface area contributed by atoms with Gasteiger partial charge in [0.25, 0.3) is 0 Å². The van der Waals surface area contributed by atoms with Gasteiger partial charge in [0, 0.05) is 32.3 Å². The number of nitrogens with one attached hydrogen (secondary N) is 1. The number of nitrogens with two attached hydrogens (primary N) is 1. The third-order valence-corrected chi connectivity index (χ3v) is 2.76. The molecule has 1 amide bonds. The summed E-state index contributed by atoms with van der Waals surface area (Å²) in [6, 6.07) is 1.63. The van der Waals surface area contributed by atoms with Crippen LogP contribution in [0.2, 0.25) is 0 Å². The SMILES string of the molecule is Nc1ccnc(NCCC(=O)N2CCCC2)n1. The average Bonchev–Trinajstić information content (AvgIpc) is 2.82. The Kier molecular flexibility index (Phi) is 3.74. The number of rotatable bonds is 4. The Morgan fingerprint density at radius 1 is 1.47 bits per heavy atom. The van der Waals surface area contributed by atoms with Crippen molar-refractivity contribution < 1.29 is 4.79 Å². The fraction of sp³-hybridized carbons (Fsp3) is 0.545. The van der Waals surface area contributed by atoms with Crippen LogP contribution in [0.15, 0.2) is 12.3 Å². The molecule has 0 spiro atoms. The number of aromatic nitrogens is 2. The molecule has 92 valence electrons. The van der Waals surface area contributed by atoms with Gasteiger partial charge >= 0.3 is 0 Å². The van der Waals surface area contributed by atoms with Gasteiger partial charge in [0.15, 0.2) is 0 Å². The number of carbonyl (C=O) groups excluding carboxylic acids is 1. The number of carbonyl (C=O) groups is 1. The van der Waals surface area contributed by atoms with E-state index in [1.165, 1.54) is 0 Å². The van der Waals surface area contributed by atoms with E-state index in [2.05, 4.69) is 15.3 Å². The van der Waals surface area contributed by atoms with E-state index in [9.17, 15) is 4.79 Å².